The Balaban J connectivity index is 2.25. The van der Waals surface area contributed by atoms with E-state index in [1.165, 1.54) is 0 Å². The maximum atomic E-state index is 11.5. The molecule has 0 aliphatic carbocycles. The van der Waals surface area contributed by atoms with Crippen molar-refractivity contribution in [3.63, 3.8) is 0 Å². The van der Waals surface area contributed by atoms with Crippen LogP contribution in [0.25, 0.3) is 0 Å². The van der Waals surface area contributed by atoms with Crippen molar-refractivity contribution in [3.05, 3.63) is 29.3 Å². The van der Waals surface area contributed by atoms with Crippen LogP contribution < -0.4 is 10.6 Å². The van der Waals surface area contributed by atoms with Gasteiger partial charge in [0.05, 0.1) is 6.61 Å². The molecule has 2 N–H and O–H groups in total. The molecule has 0 unspecified atom stereocenters. The van der Waals surface area contributed by atoms with E-state index in [9.17, 15) is 9.59 Å². The lowest BCUT2D eigenvalue weighted by Crippen LogP contribution is -2.28. The standard InChI is InChI=1S/C12H15ClN2O3/c1-2-18-12(17)14-8-7-11(16)15-10-5-3-9(13)4-6-10/h3-6H,2,7-8H2,1H3,(H,14,17)(H,15,16). The fourth-order valence-electron chi connectivity index (χ4n) is 1.22. The van der Waals surface area contributed by atoms with Gasteiger partial charge in [0.2, 0.25) is 5.91 Å². The molecule has 0 aromatic heterocycles. The molecule has 0 saturated heterocycles. The van der Waals surface area contributed by atoms with Gasteiger partial charge in [0.25, 0.3) is 0 Å². The number of carbonyl (C=O) groups excluding carboxylic acids is 2. The average molecular weight is 271 g/mol. The molecule has 1 rings (SSSR count). The molecular formula is C12H15ClN2O3. The molecule has 98 valence electrons. The van der Waals surface area contributed by atoms with Crippen molar-refractivity contribution in [3.8, 4) is 0 Å². The second-order valence-corrected chi connectivity index (χ2v) is 3.89. The van der Waals surface area contributed by atoms with E-state index in [0.29, 0.717) is 17.3 Å². The lowest BCUT2D eigenvalue weighted by Gasteiger charge is -2.06. The van der Waals surface area contributed by atoms with Crippen LogP contribution in [0.15, 0.2) is 24.3 Å². The summed E-state index contributed by atoms with van der Waals surface area (Å²) in [5.41, 5.74) is 0.667. The Morgan fingerprint density at radius 3 is 2.56 bits per heavy atom. The quantitative estimate of drug-likeness (QED) is 0.863. The van der Waals surface area contributed by atoms with E-state index in [-0.39, 0.29) is 18.9 Å². The first-order chi connectivity index (χ1) is 8.61. The Labute approximate surface area is 110 Å². The van der Waals surface area contributed by atoms with Gasteiger partial charge in [-0.15, -0.1) is 0 Å². The van der Waals surface area contributed by atoms with Crippen LogP contribution in [0.3, 0.4) is 0 Å². The molecule has 0 aliphatic rings. The Morgan fingerprint density at radius 1 is 1.28 bits per heavy atom. The van der Waals surface area contributed by atoms with Crippen LogP contribution in [0.1, 0.15) is 13.3 Å². The molecule has 0 heterocycles. The SMILES string of the molecule is CCOC(=O)NCCC(=O)Nc1ccc(Cl)cc1. The van der Waals surface area contributed by atoms with Gasteiger partial charge in [-0.25, -0.2) is 4.79 Å². The number of amides is 2. The predicted molar refractivity (Wildman–Crippen MR) is 69.7 cm³/mol. The van der Waals surface area contributed by atoms with Gasteiger partial charge in [0.15, 0.2) is 0 Å². The van der Waals surface area contributed by atoms with Gasteiger partial charge in [0.1, 0.15) is 0 Å². The molecule has 1 aromatic carbocycles. The van der Waals surface area contributed by atoms with Gasteiger partial charge in [-0.1, -0.05) is 11.6 Å². The van der Waals surface area contributed by atoms with Crippen molar-refractivity contribution in [2.24, 2.45) is 0 Å². The van der Waals surface area contributed by atoms with Crippen molar-refractivity contribution < 1.29 is 14.3 Å². The fourth-order valence-corrected chi connectivity index (χ4v) is 1.34. The van der Waals surface area contributed by atoms with E-state index in [4.69, 9.17) is 11.6 Å². The number of anilines is 1. The van der Waals surface area contributed by atoms with Crippen molar-refractivity contribution in [1.29, 1.82) is 0 Å². The molecular weight excluding hydrogens is 256 g/mol. The van der Waals surface area contributed by atoms with Gasteiger partial charge in [0, 0.05) is 23.7 Å². The first-order valence-corrected chi connectivity index (χ1v) is 5.95. The summed E-state index contributed by atoms with van der Waals surface area (Å²) in [5.74, 6) is -0.186. The number of alkyl carbamates (subject to hydrolysis) is 1. The fraction of sp³-hybridized carbons (Fsp3) is 0.333. The maximum absolute atomic E-state index is 11.5. The molecule has 0 atom stereocenters. The number of carbonyl (C=O) groups is 2. The Bertz CT molecular complexity index is 406. The van der Waals surface area contributed by atoms with Gasteiger partial charge >= 0.3 is 6.09 Å². The van der Waals surface area contributed by atoms with Crippen LogP contribution in [0.5, 0.6) is 0 Å². The van der Waals surface area contributed by atoms with Crippen LogP contribution >= 0.6 is 11.6 Å². The molecule has 5 nitrogen and oxygen atoms in total. The van der Waals surface area contributed by atoms with E-state index in [2.05, 4.69) is 15.4 Å². The third-order valence-electron chi connectivity index (χ3n) is 2.02. The highest BCUT2D eigenvalue weighted by molar-refractivity contribution is 6.30. The molecule has 0 aliphatic heterocycles. The number of hydrogen-bond acceptors (Lipinski definition) is 3. The van der Waals surface area contributed by atoms with Gasteiger partial charge in [-0.2, -0.15) is 0 Å². The minimum atomic E-state index is -0.517. The van der Waals surface area contributed by atoms with Gasteiger partial charge in [-0.05, 0) is 31.2 Å². The number of benzene rings is 1. The lowest BCUT2D eigenvalue weighted by atomic mass is 10.3. The van der Waals surface area contributed by atoms with Crippen LogP contribution in [0, 0.1) is 0 Å². The number of ether oxygens (including phenoxy) is 1. The van der Waals surface area contributed by atoms with Crippen LogP contribution in [-0.4, -0.2) is 25.2 Å². The number of rotatable bonds is 5. The summed E-state index contributed by atoms with van der Waals surface area (Å²) in [6, 6.07) is 6.79. The monoisotopic (exact) mass is 270 g/mol. The normalized spacial score (nSPS) is 9.67. The minimum absolute atomic E-state index is 0.182. The van der Waals surface area contributed by atoms with E-state index in [1.807, 2.05) is 0 Å². The van der Waals surface area contributed by atoms with Gasteiger partial charge in [-0.3, -0.25) is 4.79 Å². The smallest absolute Gasteiger partial charge is 0.407 e. The molecule has 2 amide bonds. The zero-order valence-corrected chi connectivity index (χ0v) is 10.8. The Hall–Kier alpha value is -1.75. The minimum Gasteiger partial charge on any atom is -0.450 e. The topological polar surface area (TPSA) is 67.4 Å². The lowest BCUT2D eigenvalue weighted by molar-refractivity contribution is -0.116. The molecule has 0 radical (unpaired) electrons. The van der Waals surface area contributed by atoms with E-state index < -0.39 is 6.09 Å². The largest absolute Gasteiger partial charge is 0.450 e. The third-order valence-corrected chi connectivity index (χ3v) is 2.28. The Morgan fingerprint density at radius 2 is 1.94 bits per heavy atom. The number of halogens is 1. The second-order valence-electron chi connectivity index (χ2n) is 3.45. The Kier molecular flexibility index (Phi) is 6.00. The van der Waals surface area contributed by atoms with Crippen molar-refractivity contribution in [2.75, 3.05) is 18.5 Å². The molecule has 0 spiro atoms. The van der Waals surface area contributed by atoms with Crippen molar-refractivity contribution >= 4 is 29.3 Å². The van der Waals surface area contributed by atoms with Crippen molar-refractivity contribution in [2.45, 2.75) is 13.3 Å². The van der Waals surface area contributed by atoms with E-state index >= 15 is 0 Å². The highest BCUT2D eigenvalue weighted by atomic mass is 35.5. The molecule has 0 fully saturated rings. The number of hydrogen-bond donors (Lipinski definition) is 2. The van der Waals surface area contributed by atoms with E-state index in [1.54, 1.807) is 31.2 Å². The summed E-state index contributed by atoms with van der Waals surface area (Å²) in [5, 5.41) is 5.76. The van der Waals surface area contributed by atoms with Crippen LogP contribution in [0.4, 0.5) is 10.5 Å². The summed E-state index contributed by atoms with van der Waals surface area (Å²) in [6.45, 7) is 2.26. The first-order valence-electron chi connectivity index (χ1n) is 5.58. The average Bonchev–Trinajstić information content (AvgIpc) is 2.32. The molecule has 0 saturated carbocycles. The summed E-state index contributed by atoms with van der Waals surface area (Å²) < 4.78 is 4.66. The molecule has 0 bridgehead atoms. The predicted octanol–water partition coefficient (Wildman–Crippen LogP) is 2.41. The van der Waals surface area contributed by atoms with Crippen molar-refractivity contribution in [1.82, 2.24) is 5.32 Å². The molecule has 1 aromatic rings. The summed E-state index contributed by atoms with van der Waals surface area (Å²) >= 11 is 5.72. The first kappa shape index (κ1) is 14.3. The second kappa shape index (κ2) is 7.55. The number of nitrogens with one attached hydrogen (secondary N) is 2. The van der Waals surface area contributed by atoms with Crippen LogP contribution in [0.2, 0.25) is 5.02 Å². The zero-order valence-electron chi connectivity index (χ0n) is 10.0. The molecule has 18 heavy (non-hydrogen) atoms. The summed E-state index contributed by atoms with van der Waals surface area (Å²) in [4.78, 5) is 22.4. The highest BCUT2D eigenvalue weighted by Gasteiger charge is 2.04. The highest BCUT2D eigenvalue weighted by Crippen LogP contribution is 2.13. The molecule has 6 heteroatoms. The van der Waals surface area contributed by atoms with E-state index in [0.717, 1.165) is 0 Å². The summed E-state index contributed by atoms with van der Waals surface area (Å²) in [6.07, 6.45) is -0.335. The summed E-state index contributed by atoms with van der Waals surface area (Å²) in [7, 11) is 0. The zero-order chi connectivity index (χ0) is 13.4. The van der Waals surface area contributed by atoms with Gasteiger partial charge < -0.3 is 15.4 Å². The van der Waals surface area contributed by atoms with Crippen LogP contribution in [-0.2, 0) is 9.53 Å². The maximum Gasteiger partial charge on any atom is 0.407 e. The third kappa shape index (κ3) is 5.54.